The Kier molecular flexibility index (Phi) is 6.21. The second-order valence-corrected chi connectivity index (χ2v) is 6.79. The van der Waals surface area contributed by atoms with Crippen LogP contribution in [-0.2, 0) is 9.53 Å². The van der Waals surface area contributed by atoms with E-state index in [-0.39, 0.29) is 30.0 Å². The number of nitrogens with zero attached hydrogens (tertiary/aromatic N) is 1. The Morgan fingerprint density at radius 3 is 2.62 bits per heavy atom. The van der Waals surface area contributed by atoms with Crippen LogP contribution in [0.2, 0.25) is 0 Å². The van der Waals surface area contributed by atoms with Gasteiger partial charge in [-0.05, 0) is 44.0 Å². The molecule has 1 atom stereocenters. The number of carbonyl (C=O) groups excluding carboxylic acids is 3. The zero-order valence-electron chi connectivity index (χ0n) is 16.7. The largest absolute Gasteiger partial charge is 0.497 e. The summed E-state index contributed by atoms with van der Waals surface area (Å²) in [6.07, 6.45) is 3.05. The number of benzene rings is 1. The first-order valence-corrected chi connectivity index (χ1v) is 9.32. The van der Waals surface area contributed by atoms with Gasteiger partial charge in [-0.1, -0.05) is 0 Å². The first-order valence-electron chi connectivity index (χ1n) is 9.32. The summed E-state index contributed by atoms with van der Waals surface area (Å²) >= 11 is 0. The summed E-state index contributed by atoms with van der Waals surface area (Å²) in [6.45, 7) is 1.59. The Bertz CT molecular complexity index is 920. The number of carbonyl (C=O) groups is 3. The van der Waals surface area contributed by atoms with E-state index in [1.54, 1.807) is 25.2 Å². The van der Waals surface area contributed by atoms with Crippen LogP contribution in [-0.4, -0.2) is 54.9 Å². The van der Waals surface area contributed by atoms with Crippen molar-refractivity contribution in [2.75, 3.05) is 27.4 Å². The minimum atomic E-state index is -0.680. The van der Waals surface area contributed by atoms with E-state index in [1.807, 2.05) is 12.1 Å². The molecule has 0 spiro atoms. The number of amides is 1. The fourth-order valence-corrected chi connectivity index (χ4v) is 3.49. The van der Waals surface area contributed by atoms with E-state index >= 15 is 0 Å². The molecule has 1 N–H and O–H groups in total. The van der Waals surface area contributed by atoms with Crippen molar-refractivity contribution in [1.29, 1.82) is 0 Å². The van der Waals surface area contributed by atoms with Crippen LogP contribution in [0.4, 0.5) is 0 Å². The van der Waals surface area contributed by atoms with Crippen LogP contribution >= 0.6 is 0 Å². The number of nitrogens with one attached hydrogen (secondary N) is 1. The van der Waals surface area contributed by atoms with Gasteiger partial charge in [0.1, 0.15) is 17.2 Å². The van der Waals surface area contributed by atoms with Crippen molar-refractivity contribution >= 4 is 17.7 Å². The molecule has 154 valence electrons. The quantitative estimate of drug-likeness (QED) is 0.567. The Balaban J connectivity index is 1.68. The number of H-pyrrole nitrogens is 1. The molecule has 0 radical (unpaired) electrons. The van der Waals surface area contributed by atoms with Gasteiger partial charge in [-0.15, -0.1) is 0 Å². The summed E-state index contributed by atoms with van der Waals surface area (Å²) in [4.78, 5) is 40.6. The molecule has 1 amide bonds. The molecule has 1 fully saturated rings. The number of esters is 1. The molecule has 1 aromatic heterocycles. The molecular formula is C21H24N2O6. The van der Waals surface area contributed by atoms with Crippen molar-refractivity contribution in [2.45, 2.75) is 25.8 Å². The first kappa shape index (κ1) is 20.4. The third-order valence-electron chi connectivity index (χ3n) is 5.01. The molecule has 1 saturated heterocycles. The lowest BCUT2D eigenvalue weighted by Crippen LogP contribution is -2.34. The molecule has 8 nitrogen and oxygen atoms in total. The van der Waals surface area contributed by atoms with E-state index in [0.717, 1.165) is 18.4 Å². The molecule has 0 saturated carbocycles. The van der Waals surface area contributed by atoms with Crippen molar-refractivity contribution in [3.63, 3.8) is 0 Å². The number of likely N-dealkylation sites (tertiary alicyclic amines) is 1. The van der Waals surface area contributed by atoms with Crippen LogP contribution in [0, 0.1) is 0 Å². The lowest BCUT2D eigenvalue weighted by Gasteiger charge is -2.26. The monoisotopic (exact) mass is 400 g/mol. The van der Waals surface area contributed by atoms with E-state index in [2.05, 4.69) is 4.98 Å². The van der Waals surface area contributed by atoms with E-state index in [9.17, 15) is 14.4 Å². The lowest BCUT2D eigenvalue weighted by molar-refractivity contribution is -0.135. The predicted molar refractivity (Wildman–Crippen MR) is 104 cm³/mol. The zero-order valence-corrected chi connectivity index (χ0v) is 16.7. The van der Waals surface area contributed by atoms with Gasteiger partial charge in [0.05, 0.1) is 20.3 Å². The Hall–Kier alpha value is -3.29. The van der Waals surface area contributed by atoms with Gasteiger partial charge in [0.2, 0.25) is 0 Å². The summed E-state index contributed by atoms with van der Waals surface area (Å²) < 4.78 is 15.9. The maximum Gasteiger partial charge on any atom is 0.355 e. The summed E-state index contributed by atoms with van der Waals surface area (Å²) in [5.41, 5.74) is 1.38. The fourth-order valence-electron chi connectivity index (χ4n) is 3.49. The molecule has 1 aliphatic rings. The highest BCUT2D eigenvalue weighted by atomic mass is 16.5. The molecule has 29 heavy (non-hydrogen) atoms. The third-order valence-corrected chi connectivity index (χ3v) is 5.01. The summed E-state index contributed by atoms with van der Waals surface area (Å²) in [7, 11) is 3.17. The Morgan fingerprint density at radius 2 is 1.97 bits per heavy atom. The number of aromatic nitrogens is 1. The maximum absolute atomic E-state index is 12.7. The van der Waals surface area contributed by atoms with Gasteiger partial charge in [0.15, 0.2) is 12.4 Å². The van der Waals surface area contributed by atoms with Crippen molar-refractivity contribution in [3.05, 3.63) is 47.3 Å². The van der Waals surface area contributed by atoms with Crippen LogP contribution in [0.25, 0.3) is 0 Å². The number of ether oxygens (including phenoxy) is 3. The van der Waals surface area contributed by atoms with Crippen molar-refractivity contribution < 1.29 is 28.6 Å². The minimum Gasteiger partial charge on any atom is -0.497 e. The molecular weight excluding hydrogens is 376 g/mol. The highest BCUT2D eigenvalue weighted by Gasteiger charge is 2.32. The van der Waals surface area contributed by atoms with Crippen LogP contribution in [0.3, 0.4) is 0 Å². The second-order valence-electron chi connectivity index (χ2n) is 6.79. The van der Waals surface area contributed by atoms with Crippen molar-refractivity contribution in [2.24, 2.45) is 0 Å². The second kappa shape index (κ2) is 8.81. The molecule has 1 aliphatic heterocycles. The summed E-state index contributed by atoms with van der Waals surface area (Å²) in [5, 5.41) is 0. The maximum atomic E-state index is 12.7. The average molecular weight is 400 g/mol. The van der Waals surface area contributed by atoms with Crippen molar-refractivity contribution in [3.8, 4) is 11.5 Å². The molecule has 0 aliphatic carbocycles. The standard InChI is InChI=1S/C21H24N2O6/c1-13(24)14-9-17(22-11-14)21(26)29-12-20(25)23-8-4-5-18(23)16-10-15(27-2)6-7-19(16)28-3/h6-7,9-11,18,22H,4-5,8,12H2,1-3H3/t18-/m1/s1. The lowest BCUT2D eigenvalue weighted by atomic mass is 10.0. The summed E-state index contributed by atoms with van der Waals surface area (Å²) in [5.74, 6) is 0.225. The van der Waals surface area contributed by atoms with Crippen LogP contribution < -0.4 is 9.47 Å². The molecule has 2 heterocycles. The van der Waals surface area contributed by atoms with E-state index in [0.29, 0.717) is 23.6 Å². The van der Waals surface area contributed by atoms with Gasteiger partial charge >= 0.3 is 5.97 Å². The third kappa shape index (κ3) is 4.42. The van der Waals surface area contributed by atoms with Gasteiger partial charge in [-0.25, -0.2) is 4.79 Å². The van der Waals surface area contributed by atoms with Gasteiger partial charge in [-0.2, -0.15) is 0 Å². The number of methoxy groups -OCH3 is 2. The number of ketones is 1. The van der Waals surface area contributed by atoms with Gasteiger partial charge in [0, 0.05) is 23.9 Å². The van der Waals surface area contributed by atoms with Gasteiger partial charge < -0.3 is 24.1 Å². The first-order chi connectivity index (χ1) is 13.9. The fraction of sp³-hybridized carbons (Fsp3) is 0.381. The Morgan fingerprint density at radius 1 is 1.17 bits per heavy atom. The topological polar surface area (TPSA) is 97.9 Å². The van der Waals surface area contributed by atoms with Crippen LogP contribution in [0.15, 0.2) is 30.5 Å². The molecule has 1 aromatic carbocycles. The zero-order chi connectivity index (χ0) is 21.0. The average Bonchev–Trinajstić information content (AvgIpc) is 3.41. The highest BCUT2D eigenvalue weighted by Crippen LogP contribution is 2.38. The smallest absolute Gasteiger partial charge is 0.355 e. The van der Waals surface area contributed by atoms with E-state index in [4.69, 9.17) is 14.2 Å². The number of hydrogen-bond acceptors (Lipinski definition) is 6. The molecule has 0 bridgehead atoms. The molecule has 3 rings (SSSR count). The SMILES string of the molecule is COc1ccc(OC)c([C@H]2CCCN2C(=O)COC(=O)c2cc(C(C)=O)c[nH]2)c1. The molecule has 8 heteroatoms. The normalized spacial score (nSPS) is 15.8. The van der Waals surface area contributed by atoms with Crippen LogP contribution in [0.5, 0.6) is 11.5 Å². The number of hydrogen-bond donors (Lipinski definition) is 1. The van der Waals surface area contributed by atoms with Gasteiger partial charge in [0.25, 0.3) is 5.91 Å². The van der Waals surface area contributed by atoms with Gasteiger partial charge in [-0.3, -0.25) is 9.59 Å². The van der Waals surface area contributed by atoms with Crippen molar-refractivity contribution in [1.82, 2.24) is 9.88 Å². The number of aromatic amines is 1. The van der Waals surface area contributed by atoms with Crippen LogP contribution in [0.1, 0.15) is 52.2 Å². The minimum absolute atomic E-state index is 0.135. The Labute approximate surface area is 168 Å². The van der Waals surface area contributed by atoms with E-state index in [1.165, 1.54) is 19.2 Å². The molecule has 2 aromatic rings. The highest BCUT2D eigenvalue weighted by molar-refractivity contribution is 5.97. The summed E-state index contributed by atoms with van der Waals surface area (Å²) in [6, 6.07) is 6.71. The number of rotatable bonds is 7. The predicted octanol–water partition coefficient (Wildman–Crippen LogP) is 2.76. The molecule has 0 unspecified atom stereocenters. The number of Topliss-reactive ketones (excluding diaryl/α,β-unsaturated/α-hetero) is 1. The van der Waals surface area contributed by atoms with E-state index < -0.39 is 5.97 Å².